The number of carbonyl (C=O) groups is 4. The monoisotopic (exact) mass is 723 g/mol. The van der Waals surface area contributed by atoms with E-state index in [0.717, 1.165) is 21.9 Å². The van der Waals surface area contributed by atoms with Crippen molar-refractivity contribution in [3.8, 4) is 5.75 Å². The van der Waals surface area contributed by atoms with Crippen LogP contribution in [0.5, 0.6) is 5.75 Å². The molecule has 1 aromatic heterocycles. The van der Waals surface area contributed by atoms with Crippen molar-refractivity contribution in [1.29, 1.82) is 0 Å². The first-order valence-electron chi connectivity index (χ1n) is 17.0. The van der Waals surface area contributed by atoms with Gasteiger partial charge in [0.2, 0.25) is 17.7 Å². The van der Waals surface area contributed by atoms with Gasteiger partial charge in [0.1, 0.15) is 29.7 Å². The molecule has 2 atom stereocenters. The number of nitrogens with one attached hydrogen (secondary N) is 1. The number of anilines is 4. The second kappa shape index (κ2) is 14.5. The van der Waals surface area contributed by atoms with Crippen LogP contribution in [0.2, 0.25) is 0 Å². The van der Waals surface area contributed by atoms with Crippen molar-refractivity contribution < 1.29 is 37.4 Å². The van der Waals surface area contributed by atoms with Crippen molar-refractivity contribution in [2.75, 3.05) is 28.4 Å². The van der Waals surface area contributed by atoms with Crippen molar-refractivity contribution in [3.05, 3.63) is 108 Å². The molecule has 3 amide bonds. The molecule has 2 heterocycles. The van der Waals surface area contributed by atoms with Crippen LogP contribution in [-0.2, 0) is 23.9 Å². The Morgan fingerprint density at radius 1 is 0.887 bits per heavy atom. The van der Waals surface area contributed by atoms with Crippen LogP contribution in [0.1, 0.15) is 46.2 Å². The van der Waals surface area contributed by atoms with E-state index in [0.29, 0.717) is 22.3 Å². The highest BCUT2D eigenvalue weighted by Gasteiger charge is 2.51. The molecule has 13 heteroatoms. The lowest BCUT2D eigenvalue weighted by Gasteiger charge is -2.32. The molecule has 11 nitrogen and oxygen atoms in total. The number of benzene rings is 4. The molecule has 0 radical (unpaired) electrons. The van der Waals surface area contributed by atoms with Crippen LogP contribution in [-0.4, -0.2) is 59.2 Å². The number of H-pyrrole nitrogens is 1. The first kappa shape index (κ1) is 36.7. The number of para-hydroxylation sites is 2. The molecule has 5 aromatic rings. The molecular formula is C40H39F2N5O6. The quantitative estimate of drug-likeness (QED) is 0.128. The number of fused-ring (bicyclic) bond motifs is 2. The molecule has 0 aliphatic carbocycles. The summed E-state index contributed by atoms with van der Waals surface area (Å²) in [6, 6.07) is 22.8. The van der Waals surface area contributed by atoms with Crippen LogP contribution in [0, 0.1) is 17.6 Å². The lowest BCUT2D eigenvalue weighted by molar-refractivity contribution is -0.161. The Kier molecular flexibility index (Phi) is 10.0. The highest BCUT2D eigenvalue weighted by Crippen LogP contribution is 2.45. The summed E-state index contributed by atoms with van der Waals surface area (Å²) in [5.41, 5.74) is -0.258. The number of hydrogen-bond acceptors (Lipinski definition) is 7. The summed E-state index contributed by atoms with van der Waals surface area (Å²) in [4.78, 5) is 62.6. The molecule has 4 aromatic carbocycles. The largest absolute Gasteiger partial charge is 0.497 e. The van der Waals surface area contributed by atoms with E-state index in [4.69, 9.17) is 9.47 Å². The van der Waals surface area contributed by atoms with Gasteiger partial charge in [-0.1, -0.05) is 36.4 Å². The van der Waals surface area contributed by atoms with Crippen molar-refractivity contribution in [3.63, 3.8) is 0 Å². The fraction of sp³-hybridized carbons (Fsp3) is 0.275. The number of rotatable bonds is 9. The van der Waals surface area contributed by atoms with E-state index in [1.807, 2.05) is 0 Å². The Labute approximate surface area is 305 Å². The topological polar surface area (TPSA) is 125 Å². The van der Waals surface area contributed by atoms with Crippen LogP contribution in [0.3, 0.4) is 0 Å². The number of halogens is 2. The third-order valence-corrected chi connectivity index (χ3v) is 8.81. The maximum absolute atomic E-state index is 15.3. The van der Waals surface area contributed by atoms with Gasteiger partial charge in [0.25, 0.3) is 0 Å². The van der Waals surface area contributed by atoms with Gasteiger partial charge in [0, 0.05) is 34.9 Å². The number of esters is 1. The summed E-state index contributed by atoms with van der Waals surface area (Å²) in [6.07, 6.45) is 0. The highest BCUT2D eigenvalue weighted by molar-refractivity contribution is 6.23. The van der Waals surface area contributed by atoms with Gasteiger partial charge in [-0.3, -0.25) is 29.2 Å². The first-order valence-corrected chi connectivity index (χ1v) is 17.0. The van der Waals surface area contributed by atoms with Crippen molar-refractivity contribution in [1.82, 2.24) is 10.2 Å². The van der Waals surface area contributed by atoms with E-state index in [1.165, 1.54) is 12.0 Å². The molecule has 6 rings (SSSR count). The van der Waals surface area contributed by atoms with Gasteiger partial charge in [-0.2, -0.15) is 5.10 Å². The SMILES string of the molecule is COc1ccc(N(C(=O)CN2C(=O)C(C(C(=O)OC(C)(C)C)c3[nH]nc4ccccc34)C(=O)N(c3ccccc3)c3cc(F)c(F)cc32)C(C)C)cc1. The number of carbonyl (C=O) groups excluding carboxylic acids is 4. The third kappa shape index (κ3) is 7.19. The number of aromatic amines is 1. The minimum absolute atomic E-state index is 0.117. The van der Waals surface area contributed by atoms with Crippen LogP contribution < -0.4 is 19.4 Å². The van der Waals surface area contributed by atoms with Crippen LogP contribution in [0.25, 0.3) is 10.9 Å². The maximum Gasteiger partial charge on any atom is 0.316 e. The Morgan fingerprint density at radius 3 is 2.13 bits per heavy atom. The average molecular weight is 724 g/mol. The van der Waals surface area contributed by atoms with E-state index >= 15 is 18.4 Å². The molecule has 1 aliphatic heterocycles. The summed E-state index contributed by atoms with van der Waals surface area (Å²) in [5.74, 6) is -9.08. The number of aromatic nitrogens is 2. The number of hydrogen-bond donors (Lipinski definition) is 1. The van der Waals surface area contributed by atoms with Crippen molar-refractivity contribution >= 4 is 57.3 Å². The normalized spacial score (nSPS) is 15.3. The molecule has 274 valence electrons. The molecule has 0 bridgehead atoms. The van der Waals surface area contributed by atoms with E-state index in [1.54, 1.807) is 113 Å². The summed E-state index contributed by atoms with van der Waals surface area (Å²) in [5, 5.41) is 7.63. The number of ether oxygens (including phenoxy) is 2. The van der Waals surface area contributed by atoms with Crippen molar-refractivity contribution in [2.24, 2.45) is 5.92 Å². The van der Waals surface area contributed by atoms with Crippen molar-refractivity contribution in [2.45, 2.75) is 52.2 Å². The molecule has 2 unspecified atom stereocenters. The molecular weight excluding hydrogens is 684 g/mol. The van der Waals surface area contributed by atoms with Crippen LogP contribution in [0.4, 0.5) is 31.5 Å². The second-order valence-electron chi connectivity index (χ2n) is 13.9. The lowest BCUT2D eigenvalue weighted by atomic mass is 9.85. The Hall–Kier alpha value is -6.11. The first-order chi connectivity index (χ1) is 25.2. The summed E-state index contributed by atoms with van der Waals surface area (Å²) in [6.45, 7) is 7.78. The average Bonchev–Trinajstić information content (AvgIpc) is 3.51. The minimum Gasteiger partial charge on any atom is -0.497 e. The van der Waals surface area contributed by atoms with Crippen LogP contribution in [0.15, 0.2) is 91.0 Å². The summed E-state index contributed by atoms with van der Waals surface area (Å²) in [7, 11) is 1.51. The summed E-state index contributed by atoms with van der Waals surface area (Å²) < 4.78 is 41.6. The van der Waals surface area contributed by atoms with E-state index in [2.05, 4.69) is 10.2 Å². The Morgan fingerprint density at radius 2 is 1.51 bits per heavy atom. The predicted molar refractivity (Wildman–Crippen MR) is 196 cm³/mol. The molecule has 0 saturated carbocycles. The van der Waals surface area contributed by atoms with Gasteiger partial charge in [-0.05, 0) is 77.1 Å². The highest BCUT2D eigenvalue weighted by atomic mass is 19.2. The van der Waals surface area contributed by atoms with Gasteiger partial charge >= 0.3 is 5.97 Å². The Bertz CT molecular complexity index is 2180. The van der Waals surface area contributed by atoms with Gasteiger partial charge < -0.3 is 19.3 Å². The zero-order valence-electron chi connectivity index (χ0n) is 30.1. The predicted octanol–water partition coefficient (Wildman–Crippen LogP) is 7.04. The van der Waals surface area contributed by atoms with E-state index in [9.17, 15) is 9.59 Å². The molecule has 0 saturated heterocycles. The third-order valence-electron chi connectivity index (χ3n) is 8.81. The summed E-state index contributed by atoms with van der Waals surface area (Å²) >= 11 is 0. The zero-order valence-corrected chi connectivity index (χ0v) is 30.1. The number of amides is 3. The number of nitrogens with zero attached hydrogens (tertiary/aromatic N) is 4. The molecule has 0 fully saturated rings. The second-order valence-corrected chi connectivity index (χ2v) is 13.9. The maximum atomic E-state index is 15.3. The van der Waals surface area contributed by atoms with Gasteiger partial charge in [-0.25, -0.2) is 8.78 Å². The zero-order chi connectivity index (χ0) is 38.2. The fourth-order valence-electron chi connectivity index (χ4n) is 6.55. The fourth-order valence-corrected chi connectivity index (χ4v) is 6.55. The smallest absolute Gasteiger partial charge is 0.316 e. The molecule has 0 spiro atoms. The van der Waals surface area contributed by atoms with Crippen LogP contribution >= 0.6 is 0 Å². The molecule has 1 aliphatic rings. The van der Waals surface area contributed by atoms with E-state index in [-0.39, 0.29) is 22.8 Å². The Balaban J connectivity index is 1.59. The standard InChI is InChI=1S/C40H39F2N5O6/c1-23(2)46(25-16-18-26(52-6)19-17-25)33(48)22-45-31-20-28(41)29(42)21-32(31)47(24-12-8-7-9-13-24)38(50)35(37(45)49)34(39(51)53-40(3,4)5)36-27-14-10-11-15-30(27)43-44-36/h7-21,23,34-35H,22H2,1-6H3,(H,43,44). The minimum atomic E-state index is -1.91. The van der Waals surface area contributed by atoms with Gasteiger partial charge in [0.05, 0.1) is 29.7 Å². The number of methoxy groups -OCH3 is 1. The molecule has 53 heavy (non-hydrogen) atoms. The van der Waals surface area contributed by atoms with Gasteiger partial charge in [0.15, 0.2) is 11.6 Å². The molecule has 1 N–H and O–H groups in total. The van der Waals surface area contributed by atoms with Gasteiger partial charge in [-0.15, -0.1) is 0 Å². The van der Waals surface area contributed by atoms with E-state index < -0.39 is 65.3 Å². The lowest BCUT2D eigenvalue weighted by Crippen LogP contribution is -2.50.